The van der Waals surface area contributed by atoms with Crippen LogP contribution < -0.4 is 5.32 Å². The van der Waals surface area contributed by atoms with Crippen LogP contribution in [0.4, 0.5) is 0 Å². The molecule has 1 aromatic rings. The molecule has 0 aliphatic carbocycles. The number of amides is 1. The Morgan fingerprint density at radius 2 is 1.44 bits per heavy atom. The van der Waals surface area contributed by atoms with Gasteiger partial charge in [-0.1, -0.05) is 78.3 Å². The number of ketones is 2. The predicted molar refractivity (Wildman–Crippen MR) is 211 cm³/mol. The number of esters is 1. The maximum atomic E-state index is 14.4. The van der Waals surface area contributed by atoms with Gasteiger partial charge in [0.25, 0.3) is 0 Å². The summed E-state index contributed by atoms with van der Waals surface area (Å²) in [6.45, 7) is 13.4. The Morgan fingerprint density at radius 3 is 1.96 bits per heavy atom. The van der Waals surface area contributed by atoms with Gasteiger partial charge in [0.05, 0.1) is 38.8 Å². The molecule has 0 aromatic heterocycles. The summed E-state index contributed by atoms with van der Waals surface area (Å²) in [5.74, 6) is -2.14. The number of quaternary nitrogens is 1. The van der Waals surface area contributed by atoms with E-state index < -0.39 is 57.2 Å². The van der Waals surface area contributed by atoms with Crippen LogP contribution in [0, 0.1) is 23.7 Å². The molecule has 2 saturated heterocycles. The standard InChI is InChI=1S/C38H65BN2O12P2/c1-27(2)20-31(23-36(44)51-26-30-12-9-8-10-13-30)38(45)40-34(22-29(5)6)35(43)24-32(21-28(3)4)39-41(16-18-52-39,17-19-53-39)15-11-14-33(42)25-37(54(7,46)47)55(48,49)50/h8-10,12-13,27-29,31-32,34,37H,11,14-26H2,1-7H3,(H,40,45)(H,46,47)(H2,48,49,50)/t31-,32-,34+,37?,39?,41?/m1/s1. The molecule has 2 unspecified atom stereocenters. The monoisotopic (exact) mass is 814 g/mol. The summed E-state index contributed by atoms with van der Waals surface area (Å²) >= 11 is 0. The Bertz CT molecular complexity index is 1510. The number of carbonyl (C=O) groups is 4. The molecular weight excluding hydrogens is 749 g/mol. The lowest BCUT2D eigenvalue weighted by Crippen LogP contribution is -2.66. The minimum Gasteiger partial charge on any atom is -0.509 e. The minimum absolute atomic E-state index is 0.0454. The lowest BCUT2D eigenvalue weighted by atomic mass is 9.51. The molecule has 0 spiro atoms. The second-order valence-corrected chi connectivity index (χ2v) is 21.9. The van der Waals surface area contributed by atoms with Crippen LogP contribution in [0.3, 0.4) is 0 Å². The van der Waals surface area contributed by atoms with Gasteiger partial charge in [-0.3, -0.25) is 28.3 Å². The number of rotatable bonds is 24. The molecule has 0 saturated carbocycles. The summed E-state index contributed by atoms with van der Waals surface area (Å²) in [5.41, 5.74) is 0.845. The van der Waals surface area contributed by atoms with E-state index in [1.807, 2.05) is 58.0 Å². The van der Waals surface area contributed by atoms with Crippen molar-refractivity contribution in [1.29, 1.82) is 0 Å². The van der Waals surface area contributed by atoms with Gasteiger partial charge in [-0.2, -0.15) is 0 Å². The molecule has 55 heavy (non-hydrogen) atoms. The topological polar surface area (TPSA) is 203 Å². The van der Waals surface area contributed by atoms with E-state index >= 15 is 0 Å². The van der Waals surface area contributed by atoms with E-state index in [4.69, 9.17) is 14.0 Å². The largest absolute Gasteiger partial charge is 0.509 e. The zero-order valence-corrected chi connectivity index (χ0v) is 35.6. The number of hydrogen-bond acceptors (Lipinski definition) is 9. The Kier molecular flexibility index (Phi) is 17.5. The van der Waals surface area contributed by atoms with E-state index in [9.17, 15) is 43.0 Å². The summed E-state index contributed by atoms with van der Waals surface area (Å²) in [4.78, 5) is 83.2. The Balaban J connectivity index is 1.77. The lowest BCUT2D eigenvalue weighted by Gasteiger charge is -2.51. The highest BCUT2D eigenvalue weighted by atomic mass is 31.2. The Morgan fingerprint density at radius 1 is 0.855 bits per heavy atom. The molecule has 5 atom stereocenters. The van der Waals surface area contributed by atoms with Crippen LogP contribution in [0.2, 0.25) is 5.82 Å². The third-order valence-electron chi connectivity index (χ3n) is 11.0. The van der Waals surface area contributed by atoms with Gasteiger partial charge in [0.1, 0.15) is 17.8 Å². The van der Waals surface area contributed by atoms with Gasteiger partial charge in [-0.25, -0.2) is 0 Å². The van der Waals surface area contributed by atoms with Crippen LogP contribution in [-0.2, 0) is 49.0 Å². The Hall–Kier alpha value is -2.22. The highest BCUT2D eigenvalue weighted by Gasteiger charge is 2.62. The second kappa shape index (κ2) is 20.5. The first-order valence-corrected chi connectivity index (χ1v) is 23.6. The number of carbonyl (C=O) groups excluding carboxylic acids is 4. The van der Waals surface area contributed by atoms with E-state index in [-0.39, 0.29) is 61.1 Å². The lowest BCUT2D eigenvalue weighted by molar-refractivity contribution is -0.823. The minimum atomic E-state index is -4.99. The van der Waals surface area contributed by atoms with Crippen LogP contribution in [0.15, 0.2) is 30.3 Å². The molecule has 1 aromatic carbocycles. The zero-order chi connectivity index (χ0) is 41.2. The molecule has 2 aliphatic heterocycles. The SMILES string of the molecule is CC(C)C[C@H](CC(=O)OCc1ccccc1)C(=O)N[C@@H](CC(C)C)C(=O)C[C@@H](CC(C)C)[B-]12OCC[N+]1(CCCC(=O)CC(P(C)(=O)O)P(=O)(O)O)CCO2. The average molecular weight is 815 g/mol. The van der Waals surface area contributed by atoms with Gasteiger partial charge in [0.15, 0.2) is 5.78 Å². The molecule has 2 heterocycles. The Labute approximate surface area is 327 Å². The number of fused-ring (bicyclic) bond motifs is 1. The van der Waals surface area contributed by atoms with Crippen LogP contribution in [0.25, 0.3) is 0 Å². The van der Waals surface area contributed by atoms with Gasteiger partial charge in [-0.15, -0.1) is 0 Å². The fourth-order valence-electron chi connectivity index (χ4n) is 8.52. The normalized spacial score (nSPS) is 23.2. The number of hydrogen-bond donors (Lipinski definition) is 4. The number of nitrogens with zero attached hydrogens (tertiary/aromatic N) is 1. The van der Waals surface area contributed by atoms with E-state index in [1.165, 1.54) is 0 Å². The van der Waals surface area contributed by atoms with Crippen molar-refractivity contribution in [3.63, 3.8) is 0 Å². The first-order valence-electron chi connectivity index (χ1n) is 19.8. The molecule has 4 N–H and O–H groups in total. The van der Waals surface area contributed by atoms with E-state index in [0.29, 0.717) is 62.9 Å². The first kappa shape index (κ1) is 47.2. The molecular formula is C38H65BN2O12P2. The third-order valence-corrected chi connectivity index (χ3v) is 15.4. The maximum absolute atomic E-state index is 14.4. The molecule has 0 radical (unpaired) electrons. The van der Waals surface area contributed by atoms with Crippen molar-refractivity contribution in [3.8, 4) is 0 Å². The highest BCUT2D eigenvalue weighted by Crippen LogP contribution is 2.61. The highest BCUT2D eigenvalue weighted by molar-refractivity contribution is 7.73. The summed E-state index contributed by atoms with van der Waals surface area (Å²) in [7, 11) is -9.22. The summed E-state index contributed by atoms with van der Waals surface area (Å²) < 4.78 is 43.1. The van der Waals surface area contributed by atoms with Gasteiger partial charge in [0.2, 0.25) is 13.3 Å². The van der Waals surface area contributed by atoms with Gasteiger partial charge < -0.3 is 38.4 Å². The molecule has 2 fully saturated rings. The first-order chi connectivity index (χ1) is 25.6. The molecule has 17 heteroatoms. The van der Waals surface area contributed by atoms with Crippen molar-refractivity contribution < 1.29 is 61.4 Å². The van der Waals surface area contributed by atoms with E-state index in [1.54, 1.807) is 0 Å². The van der Waals surface area contributed by atoms with Crippen LogP contribution in [0.5, 0.6) is 0 Å². The molecule has 1 amide bonds. The van der Waals surface area contributed by atoms with Crippen LogP contribution in [-0.4, -0.2) is 100 Å². The number of nitrogens with one attached hydrogen (secondary N) is 1. The molecule has 0 bridgehead atoms. The van der Waals surface area contributed by atoms with Gasteiger partial charge in [0, 0.05) is 32.0 Å². The smallest absolute Gasteiger partial charge is 0.476 e. The van der Waals surface area contributed by atoms with Gasteiger partial charge >= 0.3 is 20.3 Å². The predicted octanol–water partition coefficient (Wildman–Crippen LogP) is 5.65. The van der Waals surface area contributed by atoms with Crippen molar-refractivity contribution in [2.24, 2.45) is 23.7 Å². The van der Waals surface area contributed by atoms with Crippen LogP contribution in [0.1, 0.15) is 98.5 Å². The van der Waals surface area contributed by atoms with E-state index in [2.05, 4.69) is 19.2 Å². The fraction of sp³-hybridized carbons (Fsp3) is 0.737. The van der Waals surface area contributed by atoms with E-state index in [0.717, 1.165) is 12.2 Å². The van der Waals surface area contributed by atoms with Crippen molar-refractivity contribution in [3.05, 3.63) is 35.9 Å². The quantitative estimate of drug-likeness (QED) is 0.0569. The van der Waals surface area contributed by atoms with Crippen molar-refractivity contribution in [2.75, 3.05) is 39.5 Å². The number of benzene rings is 1. The average Bonchev–Trinajstić information content (AvgIpc) is 3.60. The zero-order valence-electron chi connectivity index (χ0n) is 33.8. The molecule has 14 nitrogen and oxygen atoms in total. The molecule has 3 rings (SSSR count). The second-order valence-electron chi connectivity index (χ2n) is 17.1. The van der Waals surface area contributed by atoms with Crippen molar-refractivity contribution >= 4 is 45.1 Å². The van der Waals surface area contributed by atoms with Crippen molar-refractivity contribution in [1.82, 2.24) is 5.32 Å². The maximum Gasteiger partial charge on any atom is 0.476 e. The van der Waals surface area contributed by atoms with Gasteiger partial charge in [-0.05, 0) is 54.8 Å². The molecule has 312 valence electrons. The number of ether oxygens (including phenoxy) is 1. The summed E-state index contributed by atoms with van der Waals surface area (Å²) in [6.07, 6.45) is 1.04. The van der Waals surface area contributed by atoms with Crippen molar-refractivity contribution in [2.45, 2.75) is 117 Å². The number of Topliss-reactive ketones (excluding diaryl/α,β-unsaturated/α-hetero) is 2. The summed E-state index contributed by atoms with van der Waals surface area (Å²) in [5, 5.41) is 1.08. The fourth-order valence-corrected chi connectivity index (χ4v) is 11.7. The third kappa shape index (κ3) is 13.7. The summed E-state index contributed by atoms with van der Waals surface area (Å²) in [6, 6.07) is 8.52. The van der Waals surface area contributed by atoms with Crippen LogP contribution >= 0.6 is 15.0 Å². The molecule has 2 aliphatic rings.